The largest absolute Gasteiger partial charge is 0.368 e. The van der Waals surface area contributed by atoms with Gasteiger partial charge in [-0.3, -0.25) is 14.8 Å². The lowest BCUT2D eigenvalue weighted by molar-refractivity contribution is -0.138. The lowest BCUT2D eigenvalue weighted by atomic mass is 10.0. The van der Waals surface area contributed by atoms with E-state index in [-0.39, 0.29) is 12.0 Å². The van der Waals surface area contributed by atoms with E-state index in [2.05, 4.69) is 9.97 Å². The molecule has 6 heteroatoms. The second-order valence-corrected chi connectivity index (χ2v) is 7.10. The lowest BCUT2D eigenvalue weighted by Crippen LogP contribution is -2.43. The van der Waals surface area contributed by atoms with Crippen LogP contribution in [0.25, 0.3) is 11.3 Å². The van der Waals surface area contributed by atoms with Crippen LogP contribution in [-0.4, -0.2) is 40.5 Å². The van der Waals surface area contributed by atoms with Gasteiger partial charge in [-0.15, -0.1) is 0 Å². The Hall–Kier alpha value is -2.76. The molecule has 1 fully saturated rings. The molecule has 1 atom stereocenters. The number of rotatable bonds is 4. The Morgan fingerprint density at radius 1 is 1.11 bits per heavy atom. The van der Waals surface area contributed by atoms with Gasteiger partial charge in [-0.2, -0.15) is 0 Å². The number of halogens is 1. The number of morpholine rings is 1. The van der Waals surface area contributed by atoms with Crippen LogP contribution in [0.1, 0.15) is 17.4 Å². The van der Waals surface area contributed by atoms with Gasteiger partial charge in [0.05, 0.1) is 31.0 Å². The quantitative estimate of drug-likeness (QED) is 0.673. The zero-order valence-corrected chi connectivity index (χ0v) is 16.0. The third kappa shape index (κ3) is 4.21. The highest BCUT2D eigenvalue weighted by molar-refractivity contribution is 6.30. The number of nitrogens with zero attached hydrogens (tertiary/aromatic N) is 3. The van der Waals surface area contributed by atoms with Crippen LogP contribution in [0.15, 0.2) is 67.0 Å². The van der Waals surface area contributed by atoms with Gasteiger partial charge < -0.3 is 9.64 Å². The molecule has 2 heterocycles. The molecule has 0 N–H and O–H groups in total. The molecule has 1 aliphatic rings. The van der Waals surface area contributed by atoms with E-state index in [1.165, 1.54) is 0 Å². The SMILES string of the molecule is O=C(Cc1ccccc1)N1CCO[C@H](c2nccnc2-c2cccc(Cl)c2)C1. The van der Waals surface area contributed by atoms with Gasteiger partial charge >= 0.3 is 0 Å². The summed E-state index contributed by atoms with van der Waals surface area (Å²) in [5.41, 5.74) is 3.34. The molecule has 0 bridgehead atoms. The molecule has 142 valence electrons. The molecule has 28 heavy (non-hydrogen) atoms. The molecule has 3 aromatic rings. The van der Waals surface area contributed by atoms with Crippen molar-refractivity contribution in [2.45, 2.75) is 12.5 Å². The molecule has 0 radical (unpaired) electrons. The summed E-state index contributed by atoms with van der Waals surface area (Å²) in [5.74, 6) is 0.0905. The summed E-state index contributed by atoms with van der Waals surface area (Å²) < 4.78 is 5.96. The van der Waals surface area contributed by atoms with Crippen molar-refractivity contribution < 1.29 is 9.53 Å². The summed E-state index contributed by atoms with van der Waals surface area (Å²) in [6.07, 6.45) is 3.37. The zero-order chi connectivity index (χ0) is 19.3. The minimum atomic E-state index is -0.323. The summed E-state index contributed by atoms with van der Waals surface area (Å²) in [5, 5.41) is 0.637. The fourth-order valence-corrected chi connectivity index (χ4v) is 3.56. The normalized spacial score (nSPS) is 16.8. The molecule has 2 aromatic carbocycles. The Bertz CT molecular complexity index is 965. The van der Waals surface area contributed by atoms with Crippen LogP contribution in [0, 0.1) is 0 Å². The molecule has 5 nitrogen and oxygen atoms in total. The Balaban J connectivity index is 1.55. The van der Waals surface area contributed by atoms with Crippen molar-refractivity contribution in [2.24, 2.45) is 0 Å². The van der Waals surface area contributed by atoms with Gasteiger partial charge in [0.25, 0.3) is 0 Å². The van der Waals surface area contributed by atoms with Crippen molar-refractivity contribution in [3.8, 4) is 11.3 Å². The van der Waals surface area contributed by atoms with E-state index in [1.54, 1.807) is 12.4 Å². The van der Waals surface area contributed by atoms with E-state index >= 15 is 0 Å². The Morgan fingerprint density at radius 2 is 1.93 bits per heavy atom. The summed E-state index contributed by atoms with van der Waals surface area (Å²) in [7, 11) is 0. The highest BCUT2D eigenvalue weighted by Crippen LogP contribution is 2.30. The molecule has 1 aromatic heterocycles. The molecule has 0 spiro atoms. The van der Waals surface area contributed by atoms with Gasteiger partial charge in [0.15, 0.2) is 0 Å². The zero-order valence-electron chi connectivity index (χ0n) is 15.3. The third-order valence-corrected chi connectivity index (χ3v) is 4.98. The number of hydrogen-bond acceptors (Lipinski definition) is 4. The van der Waals surface area contributed by atoms with Crippen LogP contribution in [0.5, 0.6) is 0 Å². The van der Waals surface area contributed by atoms with Crippen LogP contribution < -0.4 is 0 Å². The van der Waals surface area contributed by atoms with E-state index in [4.69, 9.17) is 16.3 Å². The van der Waals surface area contributed by atoms with Gasteiger partial charge in [0.1, 0.15) is 6.10 Å². The van der Waals surface area contributed by atoms with E-state index in [0.717, 1.165) is 22.5 Å². The van der Waals surface area contributed by atoms with Crippen LogP contribution in [0.2, 0.25) is 5.02 Å². The van der Waals surface area contributed by atoms with Crippen molar-refractivity contribution in [1.82, 2.24) is 14.9 Å². The van der Waals surface area contributed by atoms with Gasteiger partial charge in [-0.25, -0.2) is 0 Å². The highest BCUT2D eigenvalue weighted by Gasteiger charge is 2.28. The number of carbonyl (C=O) groups excluding carboxylic acids is 1. The van der Waals surface area contributed by atoms with Gasteiger partial charge in [0, 0.05) is 29.5 Å². The molecule has 1 amide bonds. The predicted molar refractivity (Wildman–Crippen MR) is 108 cm³/mol. The third-order valence-electron chi connectivity index (χ3n) is 4.75. The first-order valence-corrected chi connectivity index (χ1v) is 9.58. The van der Waals surface area contributed by atoms with Gasteiger partial charge in [-0.05, 0) is 17.7 Å². The highest BCUT2D eigenvalue weighted by atomic mass is 35.5. The first-order chi connectivity index (χ1) is 13.7. The van der Waals surface area contributed by atoms with Crippen LogP contribution in [0.3, 0.4) is 0 Å². The van der Waals surface area contributed by atoms with Crippen molar-refractivity contribution in [3.63, 3.8) is 0 Å². The number of benzene rings is 2. The number of carbonyl (C=O) groups is 1. The second-order valence-electron chi connectivity index (χ2n) is 6.66. The summed E-state index contributed by atoms with van der Waals surface area (Å²) in [6.45, 7) is 1.50. The van der Waals surface area contributed by atoms with Crippen molar-refractivity contribution in [2.75, 3.05) is 19.7 Å². The first-order valence-electron chi connectivity index (χ1n) is 9.21. The second kappa shape index (κ2) is 8.50. The molecule has 0 aliphatic carbocycles. The smallest absolute Gasteiger partial charge is 0.227 e. The van der Waals surface area contributed by atoms with Crippen molar-refractivity contribution in [3.05, 3.63) is 83.3 Å². The Kier molecular flexibility index (Phi) is 5.65. The standard InChI is InChI=1S/C22H20ClN3O2/c23-18-8-4-7-17(14-18)21-22(25-10-9-24-21)19-15-26(11-12-28-19)20(27)13-16-5-2-1-3-6-16/h1-10,14,19H,11-13,15H2/t19-/m0/s1. The van der Waals surface area contributed by atoms with Gasteiger partial charge in [-0.1, -0.05) is 54.1 Å². The van der Waals surface area contributed by atoms with Crippen molar-refractivity contribution >= 4 is 17.5 Å². The summed E-state index contributed by atoms with van der Waals surface area (Å²) in [6, 6.07) is 17.3. The topological polar surface area (TPSA) is 55.3 Å². The Labute approximate surface area is 169 Å². The predicted octanol–water partition coefficient (Wildman–Crippen LogP) is 3.94. The fourth-order valence-electron chi connectivity index (χ4n) is 3.37. The average molecular weight is 394 g/mol. The molecule has 1 saturated heterocycles. The van der Waals surface area contributed by atoms with E-state index in [9.17, 15) is 4.79 Å². The average Bonchev–Trinajstić information content (AvgIpc) is 2.74. The van der Waals surface area contributed by atoms with Crippen LogP contribution in [-0.2, 0) is 16.0 Å². The first kappa shape index (κ1) is 18.6. The summed E-state index contributed by atoms with van der Waals surface area (Å²) in [4.78, 5) is 23.6. The van der Waals surface area contributed by atoms with Crippen LogP contribution in [0.4, 0.5) is 0 Å². The minimum Gasteiger partial charge on any atom is -0.368 e. The maximum Gasteiger partial charge on any atom is 0.227 e. The van der Waals surface area contributed by atoms with Gasteiger partial charge in [0.2, 0.25) is 5.91 Å². The maximum absolute atomic E-state index is 12.8. The monoisotopic (exact) mass is 393 g/mol. The van der Waals surface area contributed by atoms with E-state index < -0.39 is 0 Å². The Morgan fingerprint density at radius 3 is 2.75 bits per heavy atom. The lowest BCUT2D eigenvalue weighted by Gasteiger charge is -2.33. The number of aromatic nitrogens is 2. The van der Waals surface area contributed by atoms with Crippen LogP contribution >= 0.6 is 11.6 Å². The molecule has 0 unspecified atom stereocenters. The number of ether oxygens (including phenoxy) is 1. The number of hydrogen-bond donors (Lipinski definition) is 0. The van der Waals surface area contributed by atoms with E-state index in [1.807, 2.05) is 59.5 Å². The maximum atomic E-state index is 12.8. The van der Waals surface area contributed by atoms with Crippen molar-refractivity contribution in [1.29, 1.82) is 0 Å². The molecular weight excluding hydrogens is 374 g/mol. The summed E-state index contributed by atoms with van der Waals surface area (Å²) >= 11 is 6.14. The molecule has 4 rings (SSSR count). The minimum absolute atomic E-state index is 0.0905. The number of amides is 1. The molecular formula is C22H20ClN3O2. The molecule has 1 aliphatic heterocycles. The fraction of sp³-hybridized carbons (Fsp3) is 0.227. The van der Waals surface area contributed by atoms with E-state index in [0.29, 0.717) is 31.1 Å². The molecule has 0 saturated carbocycles.